The van der Waals surface area contributed by atoms with Crippen molar-refractivity contribution < 1.29 is 4.92 Å². The molecule has 0 aliphatic heterocycles. The number of nitro groups is 1. The number of aromatic nitrogens is 4. The molecule has 8 nitrogen and oxygen atoms in total. The standard InChI is InChI=1S/C15H15N5O3/c1-8-5-4-6-11-13(8)16-12(17-15(11)21)7-19-10(3)14(20(22)23)9(2)18-19/h4-6H,7H2,1-3H3,(H,16,17,21). The molecule has 0 bridgehead atoms. The fraction of sp³-hybridized carbons (Fsp3) is 0.267. The van der Waals surface area contributed by atoms with E-state index in [9.17, 15) is 14.9 Å². The minimum atomic E-state index is -0.450. The lowest BCUT2D eigenvalue weighted by Crippen LogP contribution is -2.16. The molecule has 2 aromatic heterocycles. The normalized spacial score (nSPS) is 11.1. The summed E-state index contributed by atoms with van der Waals surface area (Å²) in [7, 11) is 0. The smallest absolute Gasteiger partial charge is 0.308 e. The number of nitrogens with one attached hydrogen (secondary N) is 1. The van der Waals surface area contributed by atoms with E-state index < -0.39 is 4.92 Å². The summed E-state index contributed by atoms with van der Waals surface area (Å²) in [6, 6.07) is 5.40. The summed E-state index contributed by atoms with van der Waals surface area (Å²) in [5.41, 5.74) is 2.05. The van der Waals surface area contributed by atoms with Crippen LogP contribution in [-0.2, 0) is 6.54 Å². The van der Waals surface area contributed by atoms with Crippen LogP contribution in [-0.4, -0.2) is 24.7 Å². The summed E-state index contributed by atoms with van der Waals surface area (Å²) in [5, 5.41) is 15.8. The van der Waals surface area contributed by atoms with Crippen LogP contribution in [0, 0.1) is 30.9 Å². The van der Waals surface area contributed by atoms with E-state index in [1.807, 2.05) is 13.0 Å². The van der Waals surface area contributed by atoms with Gasteiger partial charge in [-0.1, -0.05) is 12.1 Å². The Hall–Kier alpha value is -3.03. The van der Waals surface area contributed by atoms with Crippen molar-refractivity contribution in [1.29, 1.82) is 0 Å². The Labute approximate surface area is 130 Å². The van der Waals surface area contributed by atoms with Crippen molar-refractivity contribution in [2.75, 3.05) is 0 Å². The molecule has 3 rings (SSSR count). The molecule has 1 aromatic carbocycles. The number of aromatic amines is 1. The maximum absolute atomic E-state index is 12.2. The van der Waals surface area contributed by atoms with Crippen molar-refractivity contribution in [2.24, 2.45) is 0 Å². The van der Waals surface area contributed by atoms with Gasteiger partial charge >= 0.3 is 5.69 Å². The molecule has 0 amide bonds. The van der Waals surface area contributed by atoms with Gasteiger partial charge < -0.3 is 4.98 Å². The highest BCUT2D eigenvalue weighted by Gasteiger charge is 2.22. The van der Waals surface area contributed by atoms with E-state index >= 15 is 0 Å². The number of hydrogen-bond donors (Lipinski definition) is 1. The number of benzene rings is 1. The molecule has 8 heteroatoms. The zero-order chi connectivity index (χ0) is 16.7. The Balaban J connectivity index is 2.10. The Bertz CT molecular complexity index is 987. The molecule has 0 radical (unpaired) electrons. The van der Waals surface area contributed by atoms with E-state index in [-0.39, 0.29) is 17.8 Å². The van der Waals surface area contributed by atoms with Gasteiger partial charge in [-0.25, -0.2) is 4.98 Å². The molecule has 3 aromatic rings. The van der Waals surface area contributed by atoms with Gasteiger partial charge in [-0.15, -0.1) is 0 Å². The number of nitrogens with zero attached hydrogens (tertiary/aromatic N) is 4. The highest BCUT2D eigenvalue weighted by atomic mass is 16.6. The van der Waals surface area contributed by atoms with Gasteiger partial charge in [0, 0.05) is 0 Å². The van der Waals surface area contributed by atoms with Gasteiger partial charge in [0.15, 0.2) is 0 Å². The molecule has 0 saturated carbocycles. The van der Waals surface area contributed by atoms with E-state index in [0.717, 1.165) is 5.56 Å². The third kappa shape index (κ3) is 2.48. The number of rotatable bonds is 3. The molecular weight excluding hydrogens is 298 g/mol. The molecule has 118 valence electrons. The summed E-state index contributed by atoms with van der Waals surface area (Å²) in [6.45, 7) is 5.26. The maximum Gasteiger partial charge on any atom is 0.312 e. The van der Waals surface area contributed by atoms with Crippen molar-refractivity contribution >= 4 is 16.6 Å². The number of para-hydroxylation sites is 1. The van der Waals surface area contributed by atoms with Gasteiger partial charge in [0.2, 0.25) is 0 Å². The van der Waals surface area contributed by atoms with Crippen LogP contribution >= 0.6 is 0 Å². The van der Waals surface area contributed by atoms with Gasteiger partial charge in [0.1, 0.15) is 17.2 Å². The molecule has 1 N–H and O–H groups in total. The predicted octanol–water partition coefficient (Wildman–Crippen LogP) is 2.00. The third-order valence-electron chi connectivity index (χ3n) is 3.81. The fourth-order valence-corrected chi connectivity index (χ4v) is 2.67. The molecule has 23 heavy (non-hydrogen) atoms. The Kier molecular flexibility index (Phi) is 3.44. The van der Waals surface area contributed by atoms with Gasteiger partial charge in [-0.3, -0.25) is 19.6 Å². The lowest BCUT2D eigenvalue weighted by Gasteiger charge is -2.06. The monoisotopic (exact) mass is 313 g/mol. The van der Waals surface area contributed by atoms with Gasteiger partial charge in [0.25, 0.3) is 5.56 Å². The molecule has 0 fully saturated rings. The van der Waals surface area contributed by atoms with Crippen LogP contribution in [0.25, 0.3) is 10.9 Å². The zero-order valence-electron chi connectivity index (χ0n) is 13.0. The second kappa shape index (κ2) is 5.31. The average molecular weight is 313 g/mol. The molecule has 0 aliphatic rings. The maximum atomic E-state index is 12.2. The molecular formula is C15H15N5O3. The summed E-state index contributed by atoms with van der Waals surface area (Å²) in [5.74, 6) is 0.414. The van der Waals surface area contributed by atoms with Crippen LogP contribution in [0.15, 0.2) is 23.0 Å². The lowest BCUT2D eigenvalue weighted by molar-refractivity contribution is -0.386. The molecule has 0 spiro atoms. The van der Waals surface area contributed by atoms with E-state index in [2.05, 4.69) is 15.1 Å². The zero-order valence-corrected chi connectivity index (χ0v) is 13.0. The van der Waals surface area contributed by atoms with E-state index in [1.165, 1.54) is 4.68 Å². The summed E-state index contributed by atoms with van der Waals surface area (Å²) in [4.78, 5) is 30.0. The fourth-order valence-electron chi connectivity index (χ4n) is 2.67. The first-order valence-corrected chi connectivity index (χ1v) is 7.05. The highest BCUT2D eigenvalue weighted by molar-refractivity contribution is 5.80. The van der Waals surface area contributed by atoms with Crippen molar-refractivity contribution in [3.05, 3.63) is 61.4 Å². The lowest BCUT2D eigenvalue weighted by atomic mass is 10.1. The average Bonchev–Trinajstić information content (AvgIpc) is 2.74. The Morgan fingerprint density at radius 3 is 2.70 bits per heavy atom. The third-order valence-corrected chi connectivity index (χ3v) is 3.81. The van der Waals surface area contributed by atoms with Gasteiger partial charge in [0.05, 0.1) is 22.4 Å². The van der Waals surface area contributed by atoms with E-state index in [0.29, 0.717) is 28.1 Å². The van der Waals surface area contributed by atoms with Crippen molar-refractivity contribution in [3.63, 3.8) is 0 Å². The predicted molar refractivity (Wildman–Crippen MR) is 84.6 cm³/mol. The van der Waals surface area contributed by atoms with Gasteiger partial charge in [-0.2, -0.15) is 5.10 Å². The van der Waals surface area contributed by atoms with Crippen LogP contribution in [0.1, 0.15) is 22.8 Å². The van der Waals surface area contributed by atoms with Crippen LogP contribution in [0.2, 0.25) is 0 Å². The highest BCUT2D eigenvalue weighted by Crippen LogP contribution is 2.22. The molecule has 0 atom stereocenters. The summed E-state index contributed by atoms with van der Waals surface area (Å²) < 4.78 is 1.48. The quantitative estimate of drug-likeness (QED) is 0.588. The van der Waals surface area contributed by atoms with Crippen molar-refractivity contribution in [3.8, 4) is 0 Å². The van der Waals surface area contributed by atoms with Crippen LogP contribution in [0.3, 0.4) is 0 Å². The second-order valence-corrected chi connectivity index (χ2v) is 5.42. The summed E-state index contributed by atoms with van der Waals surface area (Å²) in [6.07, 6.45) is 0. The van der Waals surface area contributed by atoms with Crippen LogP contribution < -0.4 is 5.56 Å². The molecule has 0 unspecified atom stereocenters. The van der Waals surface area contributed by atoms with Crippen LogP contribution in [0.4, 0.5) is 5.69 Å². The minimum absolute atomic E-state index is 0.00989. The van der Waals surface area contributed by atoms with E-state index in [1.54, 1.807) is 26.0 Å². The molecule has 2 heterocycles. The van der Waals surface area contributed by atoms with Crippen molar-refractivity contribution in [1.82, 2.24) is 19.7 Å². The summed E-state index contributed by atoms with van der Waals surface area (Å²) >= 11 is 0. The number of aryl methyl sites for hydroxylation is 2. The first-order valence-electron chi connectivity index (χ1n) is 7.05. The number of fused-ring (bicyclic) bond motifs is 1. The first kappa shape index (κ1) is 14.9. The van der Waals surface area contributed by atoms with Crippen LogP contribution in [0.5, 0.6) is 0 Å². The SMILES string of the molecule is Cc1nn(Cc2nc3c(C)cccc3c(=O)[nH]2)c(C)c1[N+](=O)[O-]. The molecule has 0 aliphatic carbocycles. The van der Waals surface area contributed by atoms with Crippen molar-refractivity contribution in [2.45, 2.75) is 27.3 Å². The number of hydrogen-bond acceptors (Lipinski definition) is 5. The second-order valence-electron chi connectivity index (χ2n) is 5.42. The first-order chi connectivity index (χ1) is 10.9. The Morgan fingerprint density at radius 2 is 2.04 bits per heavy atom. The topological polar surface area (TPSA) is 107 Å². The minimum Gasteiger partial charge on any atom is -0.308 e. The largest absolute Gasteiger partial charge is 0.312 e. The molecule has 0 saturated heterocycles. The van der Waals surface area contributed by atoms with Gasteiger partial charge in [-0.05, 0) is 32.4 Å². The number of H-pyrrole nitrogens is 1. The van der Waals surface area contributed by atoms with E-state index in [4.69, 9.17) is 0 Å². The Morgan fingerprint density at radius 1 is 1.30 bits per heavy atom.